The van der Waals surface area contributed by atoms with Gasteiger partial charge in [-0.2, -0.15) is 0 Å². The molecule has 0 radical (unpaired) electrons. The van der Waals surface area contributed by atoms with Crippen molar-refractivity contribution in [3.05, 3.63) is 12.7 Å². The van der Waals surface area contributed by atoms with Crippen LogP contribution in [0, 0.1) is 0 Å². The summed E-state index contributed by atoms with van der Waals surface area (Å²) in [5.41, 5.74) is 0.337. The molecule has 4 nitrogen and oxygen atoms in total. The van der Waals surface area contributed by atoms with Crippen molar-refractivity contribution in [3.63, 3.8) is 0 Å². The minimum absolute atomic E-state index is 0.243. The lowest BCUT2D eigenvalue weighted by Crippen LogP contribution is -2.58. The van der Waals surface area contributed by atoms with Gasteiger partial charge in [-0.05, 0) is 26.3 Å². The molecule has 0 saturated heterocycles. The molecule has 0 spiro atoms. The summed E-state index contributed by atoms with van der Waals surface area (Å²) in [5, 5.41) is -0.318. The average molecular weight is 473 g/mol. The van der Waals surface area contributed by atoms with Crippen LogP contribution in [0.4, 0.5) is 0 Å². The second-order valence-corrected chi connectivity index (χ2v) is 21.8. The lowest BCUT2D eigenvalue weighted by molar-refractivity contribution is -0.140. The highest BCUT2D eigenvalue weighted by atomic mass is 127. The van der Waals surface area contributed by atoms with Crippen molar-refractivity contribution in [1.29, 1.82) is 0 Å². The second kappa shape index (κ2) is 9.69. The first-order chi connectivity index (χ1) is 10.4. The highest BCUT2D eigenvalue weighted by Gasteiger charge is 2.49. The molecule has 0 aliphatic carbocycles. The van der Waals surface area contributed by atoms with Crippen LogP contribution in [0.5, 0.6) is 0 Å². The van der Waals surface area contributed by atoms with Crippen molar-refractivity contribution in [2.24, 2.45) is 0 Å². The molecule has 0 rings (SSSR count). The number of esters is 1. The molecule has 0 aliphatic heterocycles. The number of halogens is 1. The SMILES string of the molecule is C=CC(=O)OCCOC(C)(CC)[Si](C)(I)OC(CC)[Si](C)(C)C. The van der Waals surface area contributed by atoms with Gasteiger partial charge in [-0.25, -0.2) is 4.79 Å². The smallest absolute Gasteiger partial charge is 0.330 e. The maximum absolute atomic E-state index is 11.1. The van der Waals surface area contributed by atoms with E-state index in [9.17, 15) is 4.79 Å². The fourth-order valence-electron chi connectivity index (χ4n) is 2.28. The largest absolute Gasteiger partial charge is 0.460 e. The molecule has 0 aliphatic rings. The Morgan fingerprint density at radius 3 is 2.22 bits per heavy atom. The van der Waals surface area contributed by atoms with Gasteiger partial charge in [0.15, 0.2) is 0 Å². The van der Waals surface area contributed by atoms with Gasteiger partial charge in [0.25, 0.3) is 5.81 Å². The molecule has 136 valence electrons. The summed E-state index contributed by atoms with van der Waals surface area (Å²) >= 11 is 2.50. The van der Waals surface area contributed by atoms with Crippen molar-refractivity contribution in [3.8, 4) is 0 Å². The van der Waals surface area contributed by atoms with Crippen LogP contribution in [0.1, 0.15) is 33.6 Å². The molecule has 0 aromatic rings. The fraction of sp³-hybridized carbons (Fsp3) is 0.812. The first kappa shape index (κ1) is 23.3. The van der Waals surface area contributed by atoms with Crippen LogP contribution in [-0.2, 0) is 18.7 Å². The molecule has 0 aromatic heterocycles. The minimum atomic E-state index is -2.11. The van der Waals surface area contributed by atoms with Crippen LogP contribution < -0.4 is 0 Å². The third-order valence-corrected chi connectivity index (χ3v) is 14.2. The number of hydrogen-bond donors (Lipinski definition) is 0. The Bertz CT molecular complexity index is 396. The fourth-order valence-corrected chi connectivity index (χ4v) is 10.8. The van der Waals surface area contributed by atoms with E-state index in [0.717, 1.165) is 12.8 Å². The molecule has 0 fully saturated rings. The minimum Gasteiger partial charge on any atom is -0.460 e. The van der Waals surface area contributed by atoms with E-state index in [0.29, 0.717) is 12.3 Å². The highest BCUT2D eigenvalue weighted by Crippen LogP contribution is 2.37. The lowest BCUT2D eigenvalue weighted by atomic mass is 10.3. The molecular weight excluding hydrogens is 439 g/mol. The molecule has 0 N–H and O–H groups in total. The zero-order valence-corrected chi connectivity index (χ0v) is 19.9. The summed E-state index contributed by atoms with van der Waals surface area (Å²) in [4.78, 5) is 11.1. The van der Waals surface area contributed by atoms with Crippen molar-refractivity contribution < 1.29 is 18.7 Å². The van der Waals surface area contributed by atoms with Gasteiger partial charge < -0.3 is 13.9 Å². The third-order valence-electron chi connectivity index (χ3n) is 4.23. The van der Waals surface area contributed by atoms with Crippen molar-refractivity contribution >= 4 is 41.7 Å². The van der Waals surface area contributed by atoms with Crippen LogP contribution in [-0.4, -0.2) is 44.0 Å². The third kappa shape index (κ3) is 7.37. The molecule has 7 heteroatoms. The molecule has 0 saturated carbocycles. The highest BCUT2D eigenvalue weighted by molar-refractivity contribution is 14.1. The second-order valence-electron chi connectivity index (χ2n) is 7.10. The average Bonchev–Trinajstić information content (AvgIpc) is 2.47. The van der Waals surface area contributed by atoms with Gasteiger partial charge in [-0.15, -0.1) is 0 Å². The Kier molecular flexibility index (Phi) is 9.82. The van der Waals surface area contributed by atoms with Crippen LogP contribution in [0.25, 0.3) is 0 Å². The van der Waals surface area contributed by atoms with Gasteiger partial charge in [0.2, 0.25) is 0 Å². The van der Waals surface area contributed by atoms with E-state index in [1.807, 2.05) is 0 Å². The molecule has 0 amide bonds. The van der Waals surface area contributed by atoms with Crippen LogP contribution in [0.15, 0.2) is 12.7 Å². The summed E-state index contributed by atoms with van der Waals surface area (Å²) < 4.78 is 17.8. The summed E-state index contributed by atoms with van der Waals surface area (Å²) in [5.74, 6) is -2.53. The lowest BCUT2D eigenvalue weighted by Gasteiger charge is -2.44. The first-order valence-electron chi connectivity index (χ1n) is 8.23. The Labute approximate surface area is 156 Å². The Morgan fingerprint density at radius 1 is 1.26 bits per heavy atom. The molecule has 3 unspecified atom stereocenters. The Hall–Kier alpha value is 0.294. The number of carbonyl (C=O) groups excluding carboxylic acids is 1. The molecular formula is C16H33IO4Si2. The van der Waals surface area contributed by atoms with Gasteiger partial charge in [0.1, 0.15) is 6.61 Å². The van der Waals surface area contributed by atoms with Gasteiger partial charge in [-0.3, -0.25) is 0 Å². The van der Waals surface area contributed by atoms with Crippen LogP contribution in [0.3, 0.4) is 0 Å². The number of ether oxygens (including phenoxy) is 2. The quantitative estimate of drug-likeness (QED) is 0.110. The summed E-state index contributed by atoms with van der Waals surface area (Å²) in [6, 6.07) is 0. The first-order valence-corrected chi connectivity index (χ1v) is 17.3. The zero-order valence-electron chi connectivity index (χ0n) is 15.7. The monoisotopic (exact) mass is 472 g/mol. The molecule has 3 atom stereocenters. The topological polar surface area (TPSA) is 44.8 Å². The van der Waals surface area contributed by atoms with E-state index in [-0.39, 0.29) is 11.8 Å². The standard InChI is InChI=1S/C16H33IO4Si2/c1-9-14(18)19-12-13-20-16(4,11-3)23(8,17)21-15(10-2)22(5,6)7/h9,15H,1,10-13H2,2-8H3. The predicted molar refractivity (Wildman–Crippen MR) is 110 cm³/mol. The number of rotatable bonds is 11. The van der Waals surface area contributed by atoms with E-state index in [1.54, 1.807) is 0 Å². The molecule has 23 heavy (non-hydrogen) atoms. The van der Waals surface area contributed by atoms with Gasteiger partial charge >= 0.3 is 5.97 Å². The van der Waals surface area contributed by atoms with Crippen LogP contribution in [0.2, 0.25) is 26.2 Å². The van der Waals surface area contributed by atoms with Crippen LogP contribution >= 0.6 is 21.8 Å². The summed E-state index contributed by atoms with van der Waals surface area (Å²) in [6.45, 7) is 19.7. The number of hydrogen-bond acceptors (Lipinski definition) is 4. The van der Waals surface area contributed by atoms with Crippen molar-refractivity contribution in [2.75, 3.05) is 13.2 Å². The van der Waals surface area contributed by atoms with E-state index in [4.69, 9.17) is 13.9 Å². The summed E-state index contributed by atoms with van der Waals surface area (Å²) in [6.07, 6.45) is 3.08. The molecule has 0 aromatic carbocycles. The maximum atomic E-state index is 11.1. The van der Waals surface area contributed by atoms with E-state index < -0.39 is 19.9 Å². The van der Waals surface area contributed by atoms with Gasteiger partial charge in [0.05, 0.1) is 19.9 Å². The van der Waals surface area contributed by atoms with Crippen molar-refractivity contribution in [2.45, 2.75) is 70.8 Å². The van der Waals surface area contributed by atoms with E-state index >= 15 is 0 Å². The molecule has 0 heterocycles. The van der Waals surface area contributed by atoms with E-state index in [2.05, 4.69) is 75.3 Å². The van der Waals surface area contributed by atoms with Crippen molar-refractivity contribution in [1.82, 2.24) is 0 Å². The summed E-state index contributed by atoms with van der Waals surface area (Å²) in [7, 11) is -1.37. The predicted octanol–water partition coefficient (Wildman–Crippen LogP) is 4.62. The number of carbonyl (C=O) groups is 1. The van der Waals surface area contributed by atoms with Gasteiger partial charge in [-0.1, -0.05) is 61.9 Å². The maximum Gasteiger partial charge on any atom is 0.330 e. The van der Waals surface area contributed by atoms with E-state index in [1.165, 1.54) is 6.08 Å². The Morgan fingerprint density at radius 2 is 1.83 bits per heavy atom. The Balaban J connectivity index is 4.86. The zero-order chi connectivity index (χ0) is 18.3. The van der Waals surface area contributed by atoms with Gasteiger partial charge in [0, 0.05) is 11.8 Å². The normalized spacial score (nSPS) is 18.6. The molecule has 0 bridgehead atoms.